The summed E-state index contributed by atoms with van der Waals surface area (Å²) in [4.78, 5) is 21.6. The number of piperazine rings is 1. The SMILES string of the molecule is NC(=O)CN1C[C@@H](CCN2CCN(c3ccc4[nH]ccc4c3)CC2)c2cc(F)ccc21. The number of aromatic nitrogens is 1. The smallest absolute Gasteiger partial charge is 0.236 e. The molecule has 1 saturated heterocycles. The quantitative estimate of drug-likeness (QED) is 0.642. The van der Waals surface area contributed by atoms with Crippen LogP contribution in [0.1, 0.15) is 17.9 Å². The number of nitrogens with zero attached hydrogens (tertiary/aromatic N) is 3. The number of aromatic amines is 1. The number of fused-ring (bicyclic) bond motifs is 2. The van der Waals surface area contributed by atoms with Gasteiger partial charge in [0.2, 0.25) is 5.91 Å². The van der Waals surface area contributed by atoms with Crippen molar-refractivity contribution >= 4 is 28.2 Å². The van der Waals surface area contributed by atoms with Gasteiger partial charge in [-0.1, -0.05) is 0 Å². The maximum absolute atomic E-state index is 13.9. The van der Waals surface area contributed by atoms with Crippen molar-refractivity contribution in [3.8, 4) is 0 Å². The van der Waals surface area contributed by atoms with E-state index in [2.05, 4.69) is 39.0 Å². The van der Waals surface area contributed by atoms with Crippen LogP contribution in [-0.2, 0) is 4.79 Å². The first-order valence-corrected chi connectivity index (χ1v) is 10.9. The molecule has 1 atom stereocenters. The summed E-state index contributed by atoms with van der Waals surface area (Å²) in [5, 5.41) is 1.24. The topological polar surface area (TPSA) is 68.6 Å². The first-order chi connectivity index (χ1) is 15.1. The van der Waals surface area contributed by atoms with Crippen molar-refractivity contribution in [3.63, 3.8) is 0 Å². The van der Waals surface area contributed by atoms with E-state index >= 15 is 0 Å². The Kier molecular flexibility index (Phi) is 5.28. The van der Waals surface area contributed by atoms with Gasteiger partial charge in [0, 0.05) is 67.1 Å². The van der Waals surface area contributed by atoms with Gasteiger partial charge in [-0.25, -0.2) is 4.39 Å². The molecule has 31 heavy (non-hydrogen) atoms. The van der Waals surface area contributed by atoms with E-state index in [1.54, 1.807) is 12.1 Å². The third-order valence-corrected chi connectivity index (χ3v) is 6.63. The maximum atomic E-state index is 13.9. The second-order valence-electron chi connectivity index (χ2n) is 8.61. The van der Waals surface area contributed by atoms with Crippen LogP contribution in [0.5, 0.6) is 0 Å². The fraction of sp³-hybridized carbons (Fsp3) is 0.375. The van der Waals surface area contributed by atoms with Crippen LogP contribution in [0.25, 0.3) is 10.9 Å². The number of carbonyl (C=O) groups excluding carboxylic acids is 1. The molecule has 2 aromatic carbocycles. The Morgan fingerprint density at radius 3 is 2.74 bits per heavy atom. The second kappa shape index (κ2) is 8.23. The van der Waals surface area contributed by atoms with E-state index in [-0.39, 0.29) is 24.2 Å². The van der Waals surface area contributed by atoms with Crippen LogP contribution in [0.15, 0.2) is 48.7 Å². The molecule has 7 heteroatoms. The molecule has 162 valence electrons. The lowest BCUT2D eigenvalue weighted by atomic mass is 9.97. The highest BCUT2D eigenvalue weighted by molar-refractivity contribution is 5.83. The Bertz CT molecular complexity index is 1090. The van der Waals surface area contributed by atoms with Crippen molar-refractivity contribution in [3.05, 3.63) is 60.0 Å². The van der Waals surface area contributed by atoms with E-state index in [0.29, 0.717) is 0 Å². The minimum absolute atomic E-state index is 0.180. The number of carbonyl (C=O) groups is 1. The van der Waals surface area contributed by atoms with Gasteiger partial charge in [-0.2, -0.15) is 0 Å². The number of nitrogens with one attached hydrogen (secondary N) is 1. The lowest BCUT2D eigenvalue weighted by molar-refractivity contribution is -0.116. The summed E-state index contributed by atoms with van der Waals surface area (Å²) >= 11 is 0. The van der Waals surface area contributed by atoms with Gasteiger partial charge in [0.05, 0.1) is 6.54 Å². The van der Waals surface area contributed by atoms with Gasteiger partial charge >= 0.3 is 0 Å². The highest BCUT2D eigenvalue weighted by Gasteiger charge is 2.30. The van der Waals surface area contributed by atoms with Gasteiger partial charge in [-0.3, -0.25) is 9.69 Å². The standard InChI is InChI=1S/C24H28FN5O/c25-19-1-4-23-21(14-19)18(15-30(23)16-24(26)31)6-8-28-9-11-29(12-10-28)20-2-3-22-17(13-20)5-7-27-22/h1-5,7,13-14,18,27H,6,8-12,15-16H2,(H2,26,31)/t18-/m1/s1. The molecule has 0 aliphatic carbocycles. The zero-order valence-corrected chi connectivity index (χ0v) is 17.6. The van der Waals surface area contributed by atoms with Gasteiger partial charge in [0.1, 0.15) is 5.82 Å². The predicted molar refractivity (Wildman–Crippen MR) is 122 cm³/mol. The van der Waals surface area contributed by atoms with Gasteiger partial charge < -0.3 is 20.5 Å². The lowest BCUT2D eigenvalue weighted by Crippen LogP contribution is -2.46. The molecule has 2 aliphatic rings. The number of primary amides is 1. The van der Waals surface area contributed by atoms with E-state index in [0.717, 1.165) is 56.9 Å². The van der Waals surface area contributed by atoms with Crippen molar-refractivity contribution in [1.29, 1.82) is 0 Å². The van der Waals surface area contributed by atoms with Gasteiger partial charge in [-0.05, 0) is 61.0 Å². The molecule has 1 amide bonds. The molecule has 0 saturated carbocycles. The van der Waals surface area contributed by atoms with Crippen molar-refractivity contribution in [2.45, 2.75) is 12.3 Å². The summed E-state index contributed by atoms with van der Waals surface area (Å²) in [6.45, 7) is 5.89. The van der Waals surface area contributed by atoms with E-state index in [1.807, 2.05) is 11.1 Å². The molecule has 5 rings (SSSR count). The van der Waals surface area contributed by atoms with Crippen LogP contribution in [0.4, 0.5) is 15.8 Å². The van der Waals surface area contributed by atoms with Gasteiger partial charge in [0.15, 0.2) is 0 Å². The summed E-state index contributed by atoms with van der Waals surface area (Å²) in [5.41, 5.74) is 9.79. The third kappa shape index (κ3) is 4.10. The van der Waals surface area contributed by atoms with Crippen molar-refractivity contribution in [2.24, 2.45) is 5.73 Å². The fourth-order valence-electron chi connectivity index (χ4n) is 4.99. The second-order valence-corrected chi connectivity index (χ2v) is 8.61. The third-order valence-electron chi connectivity index (χ3n) is 6.63. The maximum Gasteiger partial charge on any atom is 0.236 e. The average Bonchev–Trinajstić information content (AvgIpc) is 3.36. The molecule has 3 N–H and O–H groups in total. The highest BCUT2D eigenvalue weighted by Crippen LogP contribution is 2.38. The first kappa shape index (κ1) is 19.9. The van der Waals surface area contributed by atoms with Crippen LogP contribution < -0.4 is 15.5 Å². The number of H-pyrrole nitrogens is 1. The normalized spacial score (nSPS) is 19.2. The highest BCUT2D eigenvalue weighted by atomic mass is 19.1. The van der Waals surface area contributed by atoms with E-state index in [9.17, 15) is 9.18 Å². The largest absolute Gasteiger partial charge is 0.369 e. The minimum Gasteiger partial charge on any atom is -0.369 e. The summed E-state index contributed by atoms with van der Waals surface area (Å²) in [5.74, 6) is -0.360. The molecule has 3 heterocycles. The zero-order valence-electron chi connectivity index (χ0n) is 17.6. The number of amides is 1. The molecular weight excluding hydrogens is 393 g/mol. The number of rotatable bonds is 6. The Hall–Kier alpha value is -3.06. The Labute approximate surface area is 181 Å². The number of nitrogens with two attached hydrogens (primary N) is 1. The van der Waals surface area contributed by atoms with Crippen molar-refractivity contribution in [2.75, 3.05) is 55.6 Å². The molecular formula is C24H28FN5O. The number of hydrogen-bond acceptors (Lipinski definition) is 4. The van der Waals surface area contributed by atoms with Crippen LogP contribution in [0.2, 0.25) is 0 Å². The predicted octanol–water partition coefficient (Wildman–Crippen LogP) is 2.91. The average molecular weight is 422 g/mol. The number of anilines is 2. The van der Waals surface area contributed by atoms with Crippen molar-refractivity contribution in [1.82, 2.24) is 9.88 Å². The molecule has 2 aliphatic heterocycles. The number of halogens is 1. The number of benzene rings is 2. The lowest BCUT2D eigenvalue weighted by Gasteiger charge is -2.36. The summed E-state index contributed by atoms with van der Waals surface area (Å²) < 4.78 is 13.9. The minimum atomic E-state index is -0.357. The Morgan fingerprint density at radius 1 is 1.10 bits per heavy atom. The van der Waals surface area contributed by atoms with Crippen molar-refractivity contribution < 1.29 is 9.18 Å². The zero-order chi connectivity index (χ0) is 21.4. The molecule has 0 bridgehead atoms. The molecule has 0 radical (unpaired) electrons. The van der Waals surface area contributed by atoms with Crippen LogP contribution in [0, 0.1) is 5.82 Å². The summed E-state index contributed by atoms with van der Waals surface area (Å²) in [6.07, 6.45) is 2.92. The van der Waals surface area contributed by atoms with Crippen LogP contribution in [0.3, 0.4) is 0 Å². The van der Waals surface area contributed by atoms with E-state index in [1.165, 1.54) is 22.7 Å². The molecule has 6 nitrogen and oxygen atoms in total. The van der Waals surface area contributed by atoms with E-state index in [4.69, 9.17) is 5.73 Å². The molecule has 1 aromatic heterocycles. The van der Waals surface area contributed by atoms with Gasteiger partial charge in [-0.15, -0.1) is 0 Å². The Morgan fingerprint density at radius 2 is 1.94 bits per heavy atom. The van der Waals surface area contributed by atoms with Crippen LogP contribution >= 0.6 is 0 Å². The monoisotopic (exact) mass is 421 g/mol. The molecule has 0 spiro atoms. The molecule has 0 unspecified atom stereocenters. The Balaban J connectivity index is 1.18. The first-order valence-electron chi connectivity index (χ1n) is 10.9. The summed E-state index contributed by atoms with van der Waals surface area (Å²) in [6, 6.07) is 13.5. The summed E-state index contributed by atoms with van der Waals surface area (Å²) in [7, 11) is 0. The van der Waals surface area contributed by atoms with E-state index < -0.39 is 0 Å². The van der Waals surface area contributed by atoms with Crippen LogP contribution in [-0.4, -0.2) is 61.6 Å². The number of hydrogen-bond donors (Lipinski definition) is 2. The fourth-order valence-corrected chi connectivity index (χ4v) is 4.99. The molecule has 1 fully saturated rings. The van der Waals surface area contributed by atoms with Gasteiger partial charge in [0.25, 0.3) is 0 Å². The molecule has 3 aromatic rings.